The molecule has 26 heavy (non-hydrogen) atoms. The molecular formula is C19H21N5O2. The van der Waals surface area contributed by atoms with Crippen molar-refractivity contribution in [1.82, 2.24) is 20.3 Å². The van der Waals surface area contributed by atoms with E-state index in [-0.39, 0.29) is 11.9 Å². The second-order valence-electron chi connectivity index (χ2n) is 6.26. The molecule has 0 radical (unpaired) electrons. The first kappa shape index (κ1) is 17.6. The van der Waals surface area contributed by atoms with Crippen LogP contribution in [0.15, 0.2) is 53.1 Å². The van der Waals surface area contributed by atoms with Gasteiger partial charge in [0.05, 0.1) is 0 Å². The molecule has 1 N–H and O–H groups in total. The first-order valence-electron chi connectivity index (χ1n) is 8.42. The number of hydrogen-bond donors (Lipinski definition) is 1. The molecule has 0 aliphatic carbocycles. The number of benzene rings is 1. The SMILES string of the molecule is Cc1cc(Nc2ccc(C(=O)N(Cc3ccccc3)C(C)C)nn2)no1. The van der Waals surface area contributed by atoms with Gasteiger partial charge in [-0.25, -0.2) is 0 Å². The van der Waals surface area contributed by atoms with Crippen LogP contribution in [0.4, 0.5) is 11.6 Å². The van der Waals surface area contributed by atoms with Crippen LogP contribution >= 0.6 is 0 Å². The molecule has 134 valence electrons. The quantitative estimate of drug-likeness (QED) is 0.731. The summed E-state index contributed by atoms with van der Waals surface area (Å²) in [5, 5.41) is 14.9. The van der Waals surface area contributed by atoms with Crippen molar-refractivity contribution in [2.75, 3.05) is 5.32 Å². The van der Waals surface area contributed by atoms with Gasteiger partial charge in [-0.3, -0.25) is 4.79 Å². The minimum absolute atomic E-state index is 0.0420. The molecule has 3 aromatic rings. The van der Waals surface area contributed by atoms with Gasteiger partial charge in [-0.2, -0.15) is 0 Å². The standard InChI is InChI=1S/C19H21N5O2/c1-13(2)24(12-15-7-5-4-6-8-15)19(25)16-9-10-17(22-21-16)20-18-11-14(3)26-23-18/h4-11,13H,12H2,1-3H3,(H,20,22,23). The zero-order chi connectivity index (χ0) is 18.5. The normalized spacial score (nSPS) is 10.8. The van der Waals surface area contributed by atoms with Crippen molar-refractivity contribution in [3.8, 4) is 0 Å². The van der Waals surface area contributed by atoms with E-state index in [1.54, 1.807) is 30.0 Å². The molecule has 0 aliphatic heterocycles. The molecule has 0 fully saturated rings. The smallest absolute Gasteiger partial charge is 0.274 e. The van der Waals surface area contributed by atoms with Crippen LogP contribution in [-0.4, -0.2) is 32.2 Å². The Morgan fingerprint density at radius 2 is 1.88 bits per heavy atom. The summed E-state index contributed by atoms with van der Waals surface area (Å²) in [4.78, 5) is 14.6. The van der Waals surface area contributed by atoms with E-state index in [1.165, 1.54) is 0 Å². The summed E-state index contributed by atoms with van der Waals surface area (Å²) in [6.07, 6.45) is 0. The van der Waals surface area contributed by atoms with Crippen molar-refractivity contribution in [2.24, 2.45) is 0 Å². The van der Waals surface area contributed by atoms with Gasteiger partial charge in [0, 0.05) is 18.7 Å². The van der Waals surface area contributed by atoms with Gasteiger partial charge in [-0.05, 0) is 38.5 Å². The maximum Gasteiger partial charge on any atom is 0.274 e. The third-order valence-corrected chi connectivity index (χ3v) is 3.85. The van der Waals surface area contributed by atoms with Crippen molar-refractivity contribution in [1.29, 1.82) is 0 Å². The largest absolute Gasteiger partial charge is 0.360 e. The summed E-state index contributed by atoms with van der Waals surface area (Å²) >= 11 is 0. The van der Waals surface area contributed by atoms with Crippen LogP contribution in [0.1, 0.15) is 35.7 Å². The van der Waals surface area contributed by atoms with Crippen LogP contribution in [0.2, 0.25) is 0 Å². The first-order chi connectivity index (χ1) is 12.5. The number of aryl methyl sites for hydroxylation is 1. The zero-order valence-corrected chi connectivity index (χ0v) is 15.0. The summed E-state index contributed by atoms with van der Waals surface area (Å²) in [6, 6.07) is 15.0. The number of anilines is 2. The van der Waals surface area contributed by atoms with E-state index in [2.05, 4.69) is 20.7 Å². The van der Waals surface area contributed by atoms with Gasteiger partial charge in [0.1, 0.15) is 5.76 Å². The van der Waals surface area contributed by atoms with Crippen LogP contribution in [0.3, 0.4) is 0 Å². The highest BCUT2D eigenvalue weighted by Gasteiger charge is 2.20. The molecule has 0 saturated heterocycles. The average molecular weight is 351 g/mol. The van der Waals surface area contributed by atoms with Crippen molar-refractivity contribution >= 4 is 17.5 Å². The Kier molecular flexibility index (Phi) is 5.26. The van der Waals surface area contributed by atoms with E-state index in [1.807, 2.05) is 44.2 Å². The van der Waals surface area contributed by atoms with Crippen LogP contribution in [0.25, 0.3) is 0 Å². The molecule has 2 aromatic heterocycles. The maximum atomic E-state index is 12.8. The molecule has 0 saturated carbocycles. The van der Waals surface area contributed by atoms with Crippen LogP contribution in [0, 0.1) is 6.92 Å². The maximum absolute atomic E-state index is 12.8. The van der Waals surface area contributed by atoms with E-state index in [0.29, 0.717) is 29.6 Å². The van der Waals surface area contributed by atoms with Gasteiger partial charge in [0.2, 0.25) is 0 Å². The van der Waals surface area contributed by atoms with Crippen LogP contribution in [0.5, 0.6) is 0 Å². The Labute approximate surface area is 152 Å². The summed E-state index contributed by atoms with van der Waals surface area (Å²) < 4.78 is 4.99. The molecule has 0 bridgehead atoms. The fourth-order valence-corrected chi connectivity index (χ4v) is 2.49. The zero-order valence-electron chi connectivity index (χ0n) is 15.0. The molecule has 1 amide bonds. The minimum Gasteiger partial charge on any atom is -0.360 e. The highest BCUT2D eigenvalue weighted by molar-refractivity contribution is 5.92. The fourth-order valence-electron chi connectivity index (χ4n) is 2.49. The number of nitrogens with one attached hydrogen (secondary N) is 1. The summed E-state index contributed by atoms with van der Waals surface area (Å²) in [7, 11) is 0. The van der Waals surface area contributed by atoms with Gasteiger partial charge in [0.15, 0.2) is 17.3 Å². The number of carbonyl (C=O) groups excluding carboxylic acids is 1. The van der Waals surface area contributed by atoms with Crippen LogP contribution < -0.4 is 5.32 Å². The lowest BCUT2D eigenvalue weighted by Gasteiger charge is -2.26. The predicted octanol–water partition coefficient (Wildman–Crippen LogP) is 3.57. The predicted molar refractivity (Wildman–Crippen MR) is 98.0 cm³/mol. The van der Waals surface area contributed by atoms with Gasteiger partial charge < -0.3 is 14.7 Å². The number of aromatic nitrogens is 3. The second-order valence-corrected chi connectivity index (χ2v) is 6.26. The second kappa shape index (κ2) is 7.77. The third kappa shape index (κ3) is 4.24. The molecule has 0 atom stereocenters. The van der Waals surface area contributed by atoms with E-state index in [0.717, 1.165) is 5.56 Å². The van der Waals surface area contributed by atoms with E-state index >= 15 is 0 Å². The molecule has 7 nitrogen and oxygen atoms in total. The lowest BCUT2D eigenvalue weighted by molar-refractivity contribution is 0.0683. The molecule has 1 aromatic carbocycles. The van der Waals surface area contributed by atoms with Gasteiger partial charge in [0.25, 0.3) is 5.91 Å². The Bertz CT molecular complexity index is 859. The highest BCUT2D eigenvalue weighted by atomic mass is 16.5. The lowest BCUT2D eigenvalue weighted by atomic mass is 10.1. The number of carbonyl (C=O) groups is 1. The molecular weight excluding hydrogens is 330 g/mol. The first-order valence-corrected chi connectivity index (χ1v) is 8.42. The molecule has 2 heterocycles. The van der Waals surface area contributed by atoms with E-state index < -0.39 is 0 Å². The average Bonchev–Trinajstić information content (AvgIpc) is 3.05. The topological polar surface area (TPSA) is 84.2 Å². The lowest BCUT2D eigenvalue weighted by Crippen LogP contribution is -2.37. The van der Waals surface area contributed by atoms with Crippen LogP contribution in [-0.2, 0) is 6.54 Å². The number of rotatable bonds is 6. The number of nitrogens with zero attached hydrogens (tertiary/aromatic N) is 4. The van der Waals surface area contributed by atoms with Crippen molar-refractivity contribution in [3.05, 3.63) is 65.5 Å². The Hall–Kier alpha value is -3.22. The summed E-state index contributed by atoms with van der Waals surface area (Å²) in [5.41, 5.74) is 1.37. The minimum atomic E-state index is -0.153. The van der Waals surface area contributed by atoms with E-state index in [9.17, 15) is 4.79 Å². The molecule has 0 spiro atoms. The number of amides is 1. The van der Waals surface area contributed by atoms with Crippen molar-refractivity contribution in [3.63, 3.8) is 0 Å². The summed E-state index contributed by atoms with van der Waals surface area (Å²) in [5.74, 6) is 1.58. The monoisotopic (exact) mass is 351 g/mol. The van der Waals surface area contributed by atoms with Gasteiger partial charge in [-0.15, -0.1) is 10.2 Å². The fraction of sp³-hybridized carbons (Fsp3) is 0.263. The number of hydrogen-bond acceptors (Lipinski definition) is 6. The third-order valence-electron chi connectivity index (χ3n) is 3.85. The Morgan fingerprint density at radius 3 is 2.46 bits per heavy atom. The van der Waals surface area contributed by atoms with E-state index in [4.69, 9.17) is 4.52 Å². The Morgan fingerprint density at radius 1 is 1.12 bits per heavy atom. The summed E-state index contributed by atoms with van der Waals surface area (Å²) in [6.45, 7) is 6.30. The molecule has 0 unspecified atom stereocenters. The highest BCUT2D eigenvalue weighted by Crippen LogP contribution is 2.15. The Balaban J connectivity index is 1.72. The molecule has 3 rings (SSSR count). The van der Waals surface area contributed by atoms with Crippen molar-refractivity contribution in [2.45, 2.75) is 33.4 Å². The molecule has 0 aliphatic rings. The van der Waals surface area contributed by atoms with Gasteiger partial charge in [-0.1, -0.05) is 35.5 Å². The van der Waals surface area contributed by atoms with Gasteiger partial charge >= 0.3 is 0 Å². The molecule has 7 heteroatoms. The van der Waals surface area contributed by atoms with Crippen molar-refractivity contribution < 1.29 is 9.32 Å².